The van der Waals surface area contributed by atoms with Crippen molar-refractivity contribution in [3.05, 3.63) is 77.1 Å². The topological polar surface area (TPSA) is 53.4 Å². The van der Waals surface area contributed by atoms with Crippen molar-refractivity contribution in [3.63, 3.8) is 0 Å². The largest absolute Gasteiger partial charge is 0.478 e. The van der Waals surface area contributed by atoms with Crippen LogP contribution in [-0.2, 0) is 6.42 Å². The minimum Gasteiger partial charge on any atom is -0.478 e. The van der Waals surface area contributed by atoms with E-state index in [1.54, 1.807) is 12.1 Å². The first-order valence-electron chi connectivity index (χ1n) is 10.5. The summed E-state index contributed by atoms with van der Waals surface area (Å²) in [7, 11) is 0. The molecular formula is C26H26NO3+. The summed E-state index contributed by atoms with van der Waals surface area (Å²) in [5, 5.41) is 11.8. The Hall–Kier alpha value is -3.40. The van der Waals surface area contributed by atoms with E-state index >= 15 is 0 Å². The fourth-order valence-electron chi connectivity index (χ4n) is 4.11. The lowest BCUT2D eigenvalue weighted by Crippen LogP contribution is -2.29. The summed E-state index contributed by atoms with van der Waals surface area (Å²) in [5.74, 6) is -0.173. The van der Waals surface area contributed by atoms with Gasteiger partial charge in [-0.2, -0.15) is 0 Å². The highest BCUT2D eigenvalue weighted by molar-refractivity contribution is 6.07. The standard InChI is InChI=1S/C26H25NO3/c1-4-17-11-13-21-23(15-17)30-24-16-18(27(5-2)6-3)12-14-22(24)25(21)19-9-7-8-10-20(19)26(28)29/h7-16H,4-6H2,1-3H3/p+1. The quantitative estimate of drug-likeness (QED) is 0.366. The molecule has 30 heavy (non-hydrogen) atoms. The highest BCUT2D eigenvalue weighted by Crippen LogP contribution is 2.41. The van der Waals surface area contributed by atoms with Gasteiger partial charge in [0.15, 0.2) is 0 Å². The Bertz CT molecular complexity index is 1280. The summed E-state index contributed by atoms with van der Waals surface area (Å²) in [6.07, 6.45) is 0.907. The molecule has 0 aromatic heterocycles. The predicted octanol–water partition coefficient (Wildman–Crippen LogP) is 5.28. The lowest BCUT2D eigenvalue weighted by molar-refractivity contribution is 0.0697. The van der Waals surface area contributed by atoms with Crippen molar-refractivity contribution < 1.29 is 14.3 Å². The van der Waals surface area contributed by atoms with Gasteiger partial charge in [0.25, 0.3) is 0 Å². The number of benzene rings is 3. The zero-order valence-electron chi connectivity index (χ0n) is 17.6. The lowest BCUT2D eigenvalue weighted by Gasteiger charge is -2.17. The van der Waals surface area contributed by atoms with Crippen LogP contribution in [0.5, 0.6) is 0 Å². The highest BCUT2D eigenvalue weighted by atomic mass is 16.4. The van der Waals surface area contributed by atoms with E-state index in [0.29, 0.717) is 11.1 Å². The van der Waals surface area contributed by atoms with Crippen LogP contribution in [0.3, 0.4) is 0 Å². The zero-order valence-corrected chi connectivity index (χ0v) is 17.6. The Morgan fingerprint density at radius 3 is 2.40 bits per heavy atom. The highest BCUT2D eigenvalue weighted by Gasteiger charge is 2.22. The molecule has 1 aliphatic carbocycles. The normalized spacial score (nSPS) is 11.2. The van der Waals surface area contributed by atoms with Crippen LogP contribution in [0.15, 0.2) is 65.1 Å². The molecule has 0 spiro atoms. The molecule has 152 valence electrons. The van der Waals surface area contributed by atoms with Crippen LogP contribution in [-0.4, -0.2) is 24.2 Å². The summed E-state index contributed by atoms with van der Waals surface area (Å²) in [5.41, 5.74) is 4.76. The molecule has 0 atom stereocenters. The molecule has 2 aromatic carbocycles. The monoisotopic (exact) mass is 400 g/mol. The average Bonchev–Trinajstić information content (AvgIpc) is 2.77. The number of aryl methyl sites for hydroxylation is 1. The molecule has 0 fully saturated rings. The van der Waals surface area contributed by atoms with Gasteiger partial charge in [0.1, 0.15) is 24.4 Å². The zero-order chi connectivity index (χ0) is 21.3. The maximum Gasteiger partial charge on any atom is 0.336 e. The SMILES string of the molecule is CCc1ccc2c(-c3ccccc3C(=O)O)c3ccc(=[N+](CC)CC)cc-3oc2c1. The van der Waals surface area contributed by atoms with Gasteiger partial charge in [-0.3, -0.25) is 0 Å². The number of carboxylic acid groups (broad SMARTS) is 1. The molecule has 4 nitrogen and oxygen atoms in total. The minimum absolute atomic E-state index is 0.290. The molecule has 4 rings (SSSR count). The summed E-state index contributed by atoms with van der Waals surface area (Å²) in [6.45, 7) is 8.19. The van der Waals surface area contributed by atoms with Crippen LogP contribution in [0.4, 0.5) is 0 Å². The number of carboxylic acids is 1. The van der Waals surface area contributed by atoms with Crippen LogP contribution in [0.25, 0.3) is 33.4 Å². The van der Waals surface area contributed by atoms with Gasteiger partial charge in [-0.1, -0.05) is 37.3 Å². The van der Waals surface area contributed by atoms with Crippen LogP contribution >= 0.6 is 0 Å². The molecule has 0 radical (unpaired) electrons. The molecule has 0 saturated heterocycles. The Kier molecular flexibility index (Phi) is 5.40. The minimum atomic E-state index is -0.933. The molecule has 1 N–H and O–H groups in total. The van der Waals surface area contributed by atoms with Gasteiger partial charge in [0.2, 0.25) is 5.36 Å². The van der Waals surface area contributed by atoms with Crippen molar-refractivity contribution in [1.29, 1.82) is 0 Å². The van der Waals surface area contributed by atoms with Gasteiger partial charge in [-0.05, 0) is 49.6 Å². The molecule has 1 heterocycles. The Morgan fingerprint density at radius 1 is 0.933 bits per heavy atom. The second-order valence-electron chi connectivity index (χ2n) is 7.36. The van der Waals surface area contributed by atoms with Crippen molar-refractivity contribution in [1.82, 2.24) is 4.58 Å². The van der Waals surface area contributed by atoms with Gasteiger partial charge in [-0.25, -0.2) is 9.37 Å². The van der Waals surface area contributed by atoms with Gasteiger partial charge < -0.3 is 9.52 Å². The molecule has 0 saturated carbocycles. The van der Waals surface area contributed by atoms with Gasteiger partial charge >= 0.3 is 5.97 Å². The molecule has 1 aliphatic heterocycles. The molecule has 2 aromatic rings. The first-order valence-corrected chi connectivity index (χ1v) is 10.5. The van der Waals surface area contributed by atoms with Crippen LogP contribution in [0.2, 0.25) is 0 Å². The lowest BCUT2D eigenvalue weighted by atomic mass is 9.90. The number of fused-ring (bicyclic) bond motifs is 2. The third-order valence-corrected chi connectivity index (χ3v) is 5.73. The van der Waals surface area contributed by atoms with E-state index in [0.717, 1.165) is 52.7 Å². The maximum absolute atomic E-state index is 12.0. The van der Waals surface area contributed by atoms with Crippen molar-refractivity contribution in [2.45, 2.75) is 27.2 Å². The fourth-order valence-corrected chi connectivity index (χ4v) is 4.11. The average molecular weight is 400 g/mol. The molecular weight excluding hydrogens is 374 g/mol. The van der Waals surface area contributed by atoms with E-state index < -0.39 is 5.97 Å². The van der Waals surface area contributed by atoms with E-state index in [1.165, 1.54) is 5.56 Å². The predicted molar refractivity (Wildman–Crippen MR) is 121 cm³/mol. The molecule has 0 unspecified atom stereocenters. The summed E-state index contributed by atoms with van der Waals surface area (Å²) in [4.78, 5) is 12.0. The summed E-state index contributed by atoms with van der Waals surface area (Å²) in [6, 6.07) is 19.6. The van der Waals surface area contributed by atoms with E-state index in [2.05, 4.69) is 49.6 Å². The molecule has 2 aliphatic rings. The van der Waals surface area contributed by atoms with E-state index in [4.69, 9.17) is 4.42 Å². The fraction of sp³-hybridized carbons (Fsp3) is 0.231. The number of hydrogen-bond donors (Lipinski definition) is 1. The van der Waals surface area contributed by atoms with Crippen LogP contribution in [0, 0.1) is 0 Å². The number of nitrogens with zero attached hydrogens (tertiary/aromatic N) is 1. The second kappa shape index (κ2) is 8.15. The Balaban J connectivity index is 2.17. The smallest absolute Gasteiger partial charge is 0.336 e. The number of rotatable bonds is 5. The van der Waals surface area contributed by atoms with E-state index in [1.807, 2.05) is 24.3 Å². The first-order chi connectivity index (χ1) is 14.6. The Labute approximate surface area is 176 Å². The number of carbonyl (C=O) groups is 1. The maximum atomic E-state index is 12.0. The second-order valence-corrected chi connectivity index (χ2v) is 7.36. The molecule has 4 heteroatoms. The van der Waals surface area contributed by atoms with Gasteiger partial charge in [0, 0.05) is 22.6 Å². The van der Waals surface area contributed by atoms with Crippen LogP contribution in [0.1, 0.15) is 36.7 Å². The summed E-state index contributed by atoms with van der Waals surface area (Å²) < 4.78 is 8.63. The van der Waals surface area contributed by atoms with Crippen LogP contribution < -0.4 is 9.93 Å². The van der Waals surface area contributed by atoms with Crippen molar-refractivity contribution >= 4 is 16.9 Å². The van der Waals surface area contributed by atoms with E-state index in [9.17, 15) is 9.90 Å². The summed E-state index contributed by atoms with van der Waals surface area (Å²) >= 11 is 0. The third-order valence-electron chi connectivity index (χ3n) is 5.73. The van der Waals surface area contributed by atoms with Crippen molar-refractivity contribution in [2.75, 3.05) is 13.1 Å². The van der Waals surface area contributed by atoms with E-state index in [-0.39, 0.29) is 0 Å². The molecule has 0 bridgehead atoms. The number of aromatic carboxylic acids is 1. The van der Waals surface area contributed by atoms with Crippen molar-refractivity contribution in [3.8, 4) is 22.5 Å². The first kappa shape index (κ1) is 19.9. The van der Waals surface area contributed by atoms with Crippen molar-refractivity contribution in [2.24, 2.45) is 0 Å². The third kappa shape index (κ3) is 3.39. The molecule has 0 amide bonds. The number of hydrogen-bond acceptors (Lipinski definition) is 2. The van der Waals surface area contributed by atoms with Gasteiger partial charge in [0.05, 0.1) is 11.6 Å². The van der Waals surface area contributed by atoms with Gasteiger partial charge in [-0.15, -0.1) is 0 Å². The Morgan fingerprint density at radius 2 is 1.70 bits per heavy atom.